The predicted octanol–water partition coefficient (Wildman–Crippen LogP) is 2.88. The van der Waals surface area contributed by atoms with E-state index in [1.54, 1.807) is 0 Å². The summed E-state index contributed by atoms with van der Waals surface area (Å²) in [4.78, 5) is 61.6. The predicted molar refractivity (Wildman–Crippen MR) is 209 cm³/mol. The minimum atomic E-state index is -1.96. The number of hydrogen-bond acceptors (Lipinski definition) is 13. The van der Waals surface area contributed by atoms with Crippen LogP contribution in [0.15, 0.2) is 30.5 Å². The van der Waals surface area contributed by atoms with E-state index in [0.29, 0.717) is 31.5 Å². The zero-order valence-electron chi connectivity index (χ0n) is 34.5. The molecule has 1 aliphatic rings. The molecule has 9 N–H and O–H groups in total. The van der Waals surface area contributed by atoms with Crippen molar-refractivity contribution in [3.63, 3.8) is 0 Å². The van der Waals surface area contributed by atoms with Gasteiger partial charge in [-0.15, -0.1) is 0 Å². The van der Waals surface area contributed by atoms with Crippen molar-refractivity contribution >= 4 is 35.5 Å². The van der Waals surface area contributed by atoms with E-state index in [1.807, 2.05) is 62.3 Å². The molecule has 0 aliphatic carbocycles. The molecule has 18 heteroatoms. The molecular formula is C39H64N4O14. The molecule has 0 saturated carbocycles. The van der Waals surface area contributed by atoms with Crippen molar-refractivity contribution < 1.29 is 68.5 Å². The molecule has 0 bridgehead atoms. The number of amides is 3. The van der Waals surface area contributed by atoms with E-state index in [4.69, 9.17) is 19.3 Å². The molecule has 1 fully saturated rings. The summed E-state index contributed by atoms with van der Waals surface area (Å²) in [6, 6.07) is 3.28. The van der Waals surface area contributed by atoms with Gasteiger partial charge in [-0.3, -0.25) is 14.4 Å². The highest BCUT2D eigenvalue weighted by Crippen LogP contribution is 2.31. The number of anilines is 1. The molecule has 6 atom stereocenters. The van der Waals surface area contributed by atoms with Crippen LogP contribution in [0.25, 0.3) is 0 Å². The molecule has 3 amide bonds. The number of allylic oxidation sites excluding steroid dienone is 1. The summed E-state index contributed by atoms with van der Waals surface area (Å²) >= 11 is 0. The van der Waals surface area contributed by atoms with E-state index < -0.39 is 66.8 Å². The maximum atomic E-state index is 13.3. The zero-order chi connectivity index (χ0) is 43.7. The van der Waals surface area contributed by atoms with Crippen LogP contribution < -0.4 is 26.0 Å². The fraction of sp³-hybridized carbons (Fsp3) is 0.667. The van der Waals surface area contributed by atoms with Crippen molar-refractivity contribution in [1.29, 1.82) is 0 Å². The molecule has 324 valence electrons. The molecule has 2 rings (SSSR count). The first-order valence-electron chi connectivity index (χ1n) is 19.0. The topological polar surface area (TPSA) is 272 Å². The van der Waals surface area contributed by atoms with Crippen LogP contribution >= 0.6 is 0 Å². The molecule has 1 aromatic carbocycles. The first kappa shape index (κ1) is 50.5. The lowest BCUT2D eigenvalue weighted by Gasteiger charge is -2.38. The number of ether oxygens (including phenoxy) is 4. The molecule has 18 nitrogen and oxygen atoms in total. The SMILES string of the molecule is C=C(N[C@@H](CCCCNC(=O)C(C)(C)COC(C)(C)C)C(=O)NCCC(=O)Nc1cc(COC(=O)O)ccc1OC1OC(C(=O)O)[C@@H](O)C(O)[C@H]1O)C(C)C.CC. The summed E-state index contributed by atoms with van der Waals surface area (Å²) in [6.07, 6.45) is -9.72. The van der Waals surface area contributed by atoms with Crippen LogP contribution in [0.1, 0.15) is 93.6 Å². The van der Waals surface area contributed by atoms with E-state index in [-0.39, 0.29) is 59.9 Å². The Morgan fingerprint density at radius 3 is 2.14 bits per heavy atom. The van der Waals surface area contributed by atoms with Crippen molar-refractivity contribution in [3.05, 3.63) is 36.0 Å². The van der Waals surface area contributed by atoms with Crippen LogP contribution in [-0.2, 0) is 40.0 Å². The number of hydrogen-bond donors (Lipinski definition) is 9. The first-order valence-corrected chi connectivity index (χ1v) is 19.0. The first-order chi connectivity index (χ1) is 26.5. The number of aliphatic carboxylic acids is 1. The Morgan fingerprint density at radius 2 is 1.56 bits per heavy atom. The van der Waals surface area contributed by atoms with Gasteiger partial charge in [0.2, 0.25) is 24.0 Å². The Balaban J connectivity index is 0.00000799. The third kappa shape index (κ3) is 17.7. The van der Waals surface area contributed by atoms with Gasteiger partial charge in [-0.1, -0.05) is 40.3 Å². The zero-order valence-corrected chi connectivity index (χ0v) is 34.5. The lowest BCUT2D eigenvalue weighted by Crippen LogP contribution is -2.61. The summed E-state index contributed by atoms with van der Waals surface area (Å²) in [5.41, 5.74) is -0.235. The Kier molecular flexibility index (Phi) is 21.0. The lowest BCUT2D eigenvalue weighted by atomic mass is 9.93. The van der Waals surface area contributed by atoms with Crippen molar-refractivity contribution in [3.8, 4) is 5.75 Å². The lowest BCUT2D eigenvalue weighted by molar-refractivity contribution is -0.271. The van der Waals surface area contributed by atoms with E-state index in [1.165, 1.54) is 18.2 Å². The number of nitrogens with one attached hydrogen (secondary N) is 4. The number of aliphatic hydroxyl groups is 3. The van der Waals surface area contributed by atoms with E-state index in [9.17, 15) is 44.4 Å². The fourth-order valence-electron chi connectivity index (χ4n) is 4.96. The second-order valence-corrected chi connectivity index (χ2v) is 15.2. The largest absolute Gasteiger partial charge is 0.506 e. The normalized spacial score (nSPS) is 19.9. The minimum absolute atomic E-state index is 0.0365. The van der Waals surface area contributed by atoms with Crippen molar-refractivity contribution in [2.24, 2.45) is 11.3 Å². The van der Waals surface area contributed by atoms with E-state index in [2.05, 4.69) is 32.6 Å². The molecule has 1 heterocycles. The minimum Gasteiger partial charge on any atom is -0.479 e. The molecule has 0 radical (unpaired) electrons. The summed E-state index contributed by atoms with van der Waals surface area (Å²) in [6.45, 7) is 21.4. The van der Waals surface area contributed by atoms with Gasteiger partial charge in [0.25, 0.3) is 0 Å². The van der Waals surface area contributed by atoms with Crippen molar-refractivity contribution in [2.75, 3.05) is 25.0 Å². The van der Waals surface area contributed by atoms with Gasteiger partial charge in [0.05, 0.1) is 23.3 Å². The molecule has 0 spiro atoms. The summed E-state index contributed by atoms with van der Waals surface area (Å²) in [5, 5.41) is 60.3. The molecule has 1 aromatic rings. The highest BCUT2D eigenvalue weighted by molar-refractivity contribution is 5.93. The number of carboxylic acids is 1. The number of carbonyl (C=O) groups is 5. The van der Waals surface area contributed by atoms with E-state index >= 15 is 0 Å². The number of benzene rings is 1. The van der Waals surface area contributed by atoms with Gasteiger partial charge >= 0.3 is 12.1 Å². The number of carbonyl (C=O) groups excluding carboxylic acids is 3. The highest BCUT2D eigenvalue weighted by Gasteiger charge is 2.48. The van der Waals surface area contributed by atoms with Gasteiger partial charge in [-0.25, -0.2) is 9.59 Å². The molecular weight excluding hydrogens is 748 g/mol. The quantitative estimate of drug-likeness (QED) is 0.0638. The molecule has 1 saturated heterocycles. The van der Waals surface area contributed by atoms with Gasteiger partial charge in [0.1, 0.15) is 36.7 Å². The number of unbranched alkanes of at least 4 members (excludes halogenated alkanes) is 1. The Hall–Kier alpha value is -4.49. The number of aliphatic hydroxyl groups excluding tert-OH is 3. The summed E-state index contributed by atoms with van der Waals surface area (Å²) in [7, 11) is 0. The standard InChI is InChI=1S/C37H58N4O14.C2H6/c1-20(2)21(3)40-23(11-9-10-15-39-34(49)37(7,8)19-53-36(4,5)6)31(46)38-16-14-26(42)41-24-17-22(18-52-35(50)51)12-13-25(24)54-33-29(45)27(43)28(44)30(55-33)32(47)48;1-2/h12-13,17,20,23,27-30,33,40,43-45H,3,9-11,14-16,18-19H2,1-2,4-8H3,(H,38,46)(H,39,49)(H,41,42)(H,47,48)(H,50,51);1-2H3/t23-,27?,28-,29+,30?,33?;/m0./s1. The maximum absolute atomic E-state index is 13.3. The van der Waals surface area contributed by atoms with Gasteiger partial charge < -0.3 is 65.7 Å². The van der Waals surface area contributed by atoms with Crippen LogP contribution in [0.3, 0.4) is 0 Å². The summed E-state index contributed by atoms with van der Waals surface area (Å²) in [5.74, 6) is -2.89. The molecule has 1 aliphatic heterocycles. The number of rotatable bonds is 21. The Morgan fingerprint density at radius 1 is 0.912 bits per heavy atom. The third-order valence-electron chi connectivity index (χ3n) is 8.45. The Labute approximate surface area is 334 Å². The fourth-order valence-corrected chi connectivity index (χ4v) is 4.96. The average Bonchev–Trinajstić information content (AvgIpc) is 3.13. The van der Waals surface area contributed by atoms with Gasteiger partial charge in [0.15, 0.2) is 6.10 Å². The van der Waals surface area contributed by atoms with Crippen LogP contribution in [-0.4, -0.2) is 117 Å². The highest BCUT2D eigenvalue weighted by atomic mass is 16.7. The van der Waals surface area contributed by atoms with Crippen LogP contribution in [0.4, 0.5) is 10.5 Å². The monoisotopic (exact) mass is 812 g/mol. The van der Waals surface area contributed by atoms with Crippen LogP contribution in [0, 0.1) is 11.3 Å². The van der Waals surface area contributed by atoms with Crippen molar-refractivity contribution in [1.82, 2.24) is 16.0 Å². The van der Waals surface area contributed by atoms with Crippen LogP contribution in [0.2, 0.25) is 0 Å². The maximum Gasteiger partial charge on any atom is 0.506 e. The average molecular weight is 813 g/mol. The molecule has 0 aromatic heterocycles. The number of carboxylic acid groups (broad SMARTS) is 2. The van der Waals surface area contributed by atoms with Crippen molar-refractivity contribution in [2.45, 2.75) is 137 Å². The second-order valence-electron chi connectivity index (χ2n) is 15.2. The van der Waals surface area contributed by atoms with E-state index in [0.717, 1.165) is 0 Å². The molecule has 3 unspecified atom stereocenters. The van der Waals surface area contributed by atoms with Gasteiger partial charge in [0, 0.05) is 25.2 Å². The third-order valence-corrected chi connectivity index (χ3v) is 8.45. The smallest absolute Gasteiger partial charge is 0.479 e. The van der Waals surface area contributed by atoms with Gasteiger partial charge in [-0.2, -0.15) is 0 Å². The molecule has 57 heavy (non-hydrogen) atoms. The Bertz CT molecular complexity index is 1500. The van der Waals surface area contributed by atoms with Crippen LogP contribution in [0.5, 0.6) is 5.75 Å². The summed E-state index contributed by atoms with van der Waals surface area (Å²) < 4.78 is 21.2. The second kappa shape index (κ2) is 23.7. The van der Waals surface area contributed by atoms with Gasteiger partial charge in [-0.05, 0) is 77.5 Å².